The third-order valence-electron chi connectivity index (χ3n) is 3.82. The van der Waals surface area contributed by atoms with Crippen molar-refractivity contribution in [3.63, 3.8) is 0 Å². The number of rotatable bonds is 8. The number of hydrogen-bond donors (Lipinski definition) is 3. The first-order chi connectivity index (χ1) is 12.2. The summed E-state index contributed by atoms with van der Waals surface area (Å²) in [6.45, 7) is 7.74. The molecule has 5 nitrogen and oxygen atoms in total. The number of hydrogen-bond acceptors (Lipinski definition) is 3. The molecule has 0 bridgehead atoms. The first-order valence-corrected chi connectivity index (χ1v) is 9.65. The average molecular weight is 378 g/mol. The third kappa shape index (κ3) is 8.94. The topological polar surface area (TPSA) is 70.2 Å². The summed E-state index contributed by atoms with van der Waals surface area (Å²) in [7, 11) is 0. The maximum Gasteiger partial charge on any atom is 0.229 e. The van der Waals surface area contributed by atoms with E-state index in [4.69, 9.17) is 12.2 Å². The Labute approximate surface area is 162 Å². The molecule has 0 heterocycles. The van der Waals surface area contributed by atoms with Crippen molar-refractivity contribution in [1.29, 1.82) is 0 Å². The Hall–Kier alpha value is -1.95. The zero-order valence-electron chi connectivity index (χ0n) is 16.3. The second-order valence-electron chi connectivity index (χ2n) is 7.45. The molecule has 0 spiro atoms. The summed E-state index contributed by atoms with van der Waals surface area (Å²) in [6, 6.07) is 7.24. The van der Waals surface area contributed by atoms with Gasteiger partial charge in [0.1, 0.15) is 0 Å². The second-order valence-corrected chi connectivity index (χ2v) is 7.86. The van der Waals surface area contributed by atoms with Crippen LogP contribution in [0, 0.1) is 5.41 Å². The lowest BCUT2D eigenvalue weighted by molar-refractivity contribution is -0.123. The molecule has 0 atom stereocenters. The summed E-state index contributed by atoms with van der Waals surface area (Å²) < 4.78 is 0. The molecule has 3 N–H and O–H groups in total. The maximum absolute atomic E-state index is 12.1. The SMILES string of the molecule is CCCCCCCC(=O)NC(=S)Nc1cccc(NC(=O)C(C)(C)C)c1. The molecule has 26 heavy (non-hydrogen) atoms. The summed E-state index contributed by atoms with van der Waals surface area (Å²) in [4.78, 5) is 24.0. The van der Waals surface area contributed by atoms with Crippen LogP contribution in [0.25, 0.3) is 0 Å². The fourth-order valence-electron chi connectivity index (χ4n) is 2.23. The van der Waals surface area contributed by atoms with Crippen molar-refractivity contribution in [2.24, 2.45) is 5.41 Å². The second kappa shape index (κ2) is 10.9. The number of unbranched alkanes of at least 4 members (excludes halogenated alkanes) is 4. The van der Waals surface area contributed by atoms with Crippen molar-refractivity contribution >= 4 is 40.5 Å². The lowest BCUT2D eigenvalue weighted by atomic mass is 9.95. The van der Waals surface area contributed by atoms with Gasteiger partial charge in [-0.25, -0.2) is 0 Å². The minimum atomic E-state index is -0.468. The summed E-state index contributed by atoms with van der Waals surface area (Å²) in [6.07, 6.45) is 5.99. The van der Waals surface area contributed by atoms with E-state index in [0.717, 1.165) is 12.8 Å². The summed E-state index contributed by atoms with van der Waals surface area (Å²) in [5.74, 6) is -0.134. The van der Waals surface area contributed by atoms with Crippen LogP contribution in [0.15, 0.2) is 24.3 Å². The zero-order valence-corrected chi connectivity index (χ0v) is 17.1. The minimum Gasteiger partial charge on any atom is -0.332 e. The van der Waals surface area contributed by atoms with Crippen molar-refractivity contribution in [3.05, 3.63) is 24.3 Å². The maximum atomic E-state index is 12.1. The van der Waals surface area contributed by atoms with E-state index >= 15 is 0 Å². The van der Waals surface area contributed by atoms with Crippen LogP contribution in [0.2, 0.25) is 0 Å². The van der Waals surface area contributed by atoms with Gasteiger partial charge in [0.2, 0.25) is 11.8 Å². The van der Waals surface area contributed by atoms with E-state index < -0.39 is 5.41 Å². The Bertz CT molecular complexity index is 624. The van der Waals surface area contributed by atoms with E-state index in [-0.39, 0.29) is 16.9 Å². The third-order valence-corrected chi connectivity index (χ3v) is 4.02. The van der Waals surface area contributed by atoms with Gasteiger partial charge in [-0.15, -0.1) is 0 Å². The molecule has 0 saturated carbocycles. The van der Waals surface area contributed by atoms with Gasteiger partial charge < -0.3 is 16.0 Å². The van der Waals surface area contributed by atoms with Crippen molar-refractivity contribution in [3.8, 4) is 0 Å². The van der Waals surface area contributed by atoms with Gasteiger partial charge in [-0.1, -0.05) is 59.4 Å². The Morgan fingerprint density at radius 3 is 2.23 bits per heavy atom. The van der Waals surface area contributed by atoms with Gasteiger partial charge in [0.15, 0.2) is 5.11 Å². The number of carbonyl (C=O) groups excluding carboxylic acids is 2. The Balaban J connectivity index is 2.45. The standard InChI is InChI=1S/C20H31N3O2S/c1-5-6-7-8-9-13-17(24)23-19(26)22-16-12-10-11-15(14-16)21-18(25)20(2,3)4/h10-12,14H,5-9,13H2,1-4H3,(H,21,25)(H2,22,23,24,26). The van der Waals surface area contributed by atoms with Gasteiger partial charge in [0, 0.05) is 23.2 Å². The summed E-state index contributed by atoms with van der Waals surface area (Å²) in [5.41, 5.74) is 0.925. The van der Waals surface area contributed by atoms with E-state index in [1.54, 1.807) is 6.07 Å². The molecular formula is C20H31N3O2S. The van der Waals surface area contributed by atoms with E-state index in [1.807, 2.05) is 39.0 Å². The van der Waals surface area contributed by atoms with Crippen LogP contribution in [0.5, 0.6) is 0 Å². The Morgan fingerprint density at radius 2 is 1.62 bits per heavy atom. The van der Waals surface area contributed by atoms with Crippen LogP contribution in [-0.2, 0) is 9.59 Å². The van der Waals surface area contributed by atoms with Crippen LogP contribution in [0.4, 0.5) is 11.4 Å². The Kier molecular flexibility index (Phi) is 9.27. The van der Waals surface area contributed by atoms with Crippen LogP contribution in [0.3, 0.4) is 0 Å². The quantitative estimate of drug-likeness (QED) is 0.448. The minimum absolute atomic E-state index is 0.0615. The molecule has 0 aliphatic heterocycles. The molecule has 0 fully saturated rings. The van der Waals surface area contributed by atoms with Crippen molar-refractivity contribution in [1.82, 2.24) is 5.32 Å². The molecule has 1 aromatic carbocycles. The monoisotopic (exact) mass is 377 g/mol. The predicted molar refractivity (Wildman–Crippen MR) is 112 cm³/mol. The van der Waals surface area contributed by atoms with Crippen molar-refractivity contribution < 1.29 is 9.59 Å². The largest absolute Gasteiger partial charge is 0.332 e. The molecule has 0 aromatic heterocycles. The van der Waals surface area contributed by atoms with Crippen molar-refractivity contribution in [2.45, 2.75) is 66.2 Å². The van der Waals surface area contributed by atoms with Crippen LogP contribution in [0.1, 0.15) is 66.2 Å². The highest BCUT2D eigenvalue weighted by atomic mass is 32.1. The van der Waals surface area contributed by atoms with Gasteiger partial charge in [-0.2, -0.15) is 0 Å². The molecule has 0 unspecified atom stereocenters. The van der Waals surface area contributed by atoms with Gasteiger partial charge in [0.05, 0.1) is 0 Å². The van der Waals surface area contributed by atoms with Crippen LogP contribution >= 0.6 is 12.2 Å². The Morgan fingerprint density at radius 1 is 1.00 bits per heavy atom. The normalized spacial score (nSPS) is 10.9. The highest BCUT2D eigenvalue weighted by Gasteiger charge is 2.21. The van der Waals surface area contributed by atoms with E-state index in [2.05, 4.69) is 22.9 Å². The van der Waals surface area contributed by atoms with Crippen LogP contribution < -0.4 is 16.0 Å². The van der Waals surface area contributed by atoms with E-state index in [0.29, 0.717) is 17.8 Å². The lowest BCUT2D eigenvalue weighted by Gasteiger charge is -2.18. The molecule has 0 saturated heterocycles. The van der Waals surface area contributed by atoms with E-state index in [1.165, 1.54) is 19.3 Å². The van der Waals surface area contributed by atoms with Gasteiger partial charge in [0.25, 0.3) is 0 Å². The first kappa shape index (κ1) is 22.1. The first-order valence-electron chi connectivity index (χ1n) is 9.24. The zero-order chi connectivity index (χ0) is 19.6. The summed E-state index contributed by atoms with van der Waals surface area (Å²) in [5, 5.41) is 8.82. The molecule has 6 heteroatoms. The number of benzene rings is 1. The predicted octanol–water partition coefficient (Wildman–Crippen LogP) is 4.84. The highest BCUT2D eigenvalue weighted by molar-refractivity contribution is 7.80. The summed E-state index contributed by atoms with van der Waals surface area (Å²) >= 11 is 5.19. The molecule has 1 aromatic rings. The molecular weight excluding hydrogens is 346 g/mol. The molecule has 2 amide bonds. The molecule has 0 aliphatic carbocycles. The number of nitrogens with one attached hydrogen (secondary N) is 3. The number of carbonyl (C=O) groups is 2. The fourth-order valence-corrected chi connectivity index (χ4v) is 2.47. The molecule has 0 aliphatic rings. The van der Waals surface area contributed by atoms with E-state index in [9.17, 15) is 9.59 Å². The number of anilines is 2. The molecule has 144 valence electrons. The van der Waals surface area contributed by atoms with Crippen LogP contribution in [-0.4, -0.2) is 16.9 Å². The highest BCUT2D eigenvalue weighted by Crippen LogP contribution is 2.20. The average Bonchev–Trinajstić information content (AvgIpc) is 2.54. The fraction of sp³-hybridized carbons (Fsp3) is 0.550. The van der Waals surface area contributed by atoms with Gasteiger partial charge in [-0.05, 0) is 36.8 Å². The van der Waals surface area contributed by atoms with Crippen molar-refractivity contribution in [2.75, 3.05) is 10.6 Å². The van der Waals surface area contributed by atoms with Gasteiger partial charge in [-0.3, -0.25) is 9.59 Å². The lowest BCUT2D eigenvalue weighted by Crippen LogP contribution is -2.34. The molecule has 1 rings (SSSR count). The number of thiocarbonyl (C=S) groups is 1. The molecule has 0 radical (unpaired) electrons. The smallest absolute Gasteiger partial charge is 0.229 e. The van der Waals surface area contributed by atoms with Gasteiger partial charge >= 0.3 is 0 Å². The number of amides is 2.